The van der Waals surface area contributed by atoms with E-state index in [0.717, 1.165) is 0 Å². The molecule has 1 heterocycles. The van der Waals surface area contributed by atoms with Gasteiger partial charge in [-0.1, -0.05) is 6.92 Å². The van der Waals surface area contributed by atoms with Gasteiger partial charge in [-0.25, -0.2) is 4.79 Å². The smallest absolute Gasteiger partial charge is 0.330 e. The number of aliphatic imine (C=N–C) groups is 1. The zero-order valence-corrected chi connectivity index (χ0v) is 7.41. The number of amidine groups is 1. The van der Waals surface area contributed by atoms with Crippen LogP contribution < -0.4 is 5.73 Å². The molecule has 68 valence electrons. The molecule has 0 aromatic heterocycles. The van der Waals surface area contributed by atoms with Gasteiger partial charge in [0.15, 0.2) is 0 Å². The van der Waals surface area contributed by atoms with Crippen LogP contribution >= 0.6 is 0 Å². The van der Waals surface area contributed by atoms with E-state index in [-0.39, 0.29) is 17.9 Å². The second kappa shape index (κ2) is 3.56. The number of nitrogens with two attached hydrogens (primary N) is 1. The number of esters is 1. The lowest BCUT2D eigenvalue weighted by molar-refractivity contribution is -0.144. The summed E-state index contributed by atoms with van der Waals surface area (Å²) in [5.74, 6) is 0.511. The molecule has 1 aliphatic rings. The van der Waals surface area contributed by atoms with Crippen LogP contribution in [0.15, 0.2) is 4.99 Å². The van der Waals surface area contributed by atoms with Crippen LogP contribution in [-0.4, -0.2) is 24.5 Å². The highest BCUT2D eigenvalue weighted by Gasteiger charge is 2.29. The first-order valence-corrected chi connectivity index (χ1v) is 4.15. The van der Waals surface area contributed by atoms with Crippen molar-refractivity contribution in [2.24, 2.45) is 16.6 Å². The Hall–Kier alpha value is -1.06. The van der Waals surface area contributed by atoms with Gasteiger partial charge in [-0.2, -0.15) is 0 Å². The Balaban J connectivity index is 2.52. The van der Waals surface area contributed by atoms with Crippen LogP contribution in [0.25, 0.3) is 0 Å². The summed E-state index contributed by atoms with van der Waals surface area (Å²) in [5.41, 5.74) is 5.54. The predicted octanol–water partition coefficient (Wildman–Crippen LogP) is 0.315. The van der Waals surface area contributed by atoms with Crippen molar-refractivity contribution in [3.63, 3.8) is 0 Å². The number of hydrogen-bond acceptors (Lipinski definition) is 4. The van der Waals surface area contributed by atoms with Crippen molar-refractivity contribution >= 4 is 11.8 Å². The van der Waals surface area contributed by atoms with Gasteiger partial charge in [-0.05, 0) is 13.3 Å². The Morgan fingerprint density at radius 1 is 1.83 bits per heavy atom. The third-order valence-corrected chi connectivity index (χ3v) is 1.95. The third-order valence-electron chi connectivity index (χ3n) is 1.95. The fraction of sp³-hybridized carbons (Fsp3) is 0.750. The second-order valence-corrected chi connectivity index (χ2v) is 2.96. The van der Waals surface area contributed by atoms with Crippen molar-refractivity contribution in [1.29, 1.82) is 0 Å². The fourth-order valence-electron chi connectivity index (χ4n) is 1.20. The summed E-state index contributed by atoms with van der Waals surface area (Å²) in [6, 6.07) is -0.361. The molecule has 2 unspecified atom stereocenters. The molecule has 0 saturated carbocycles. The van der Waals surface area contributed by atoms with Gasteiger partial charge >= 0.3 is 5.97 Å². The Labute approximate surface area is 71.8 Å². The summed E-state index contributed by atoms with van der Waals surface area (Å²) in [6.07, 6.45) is 0.685. The van der Waals surface area contributed by atoms with E-state index in [9.17, 15) is 4.79 Å². The first kappa shape index (κ1) is 9.03. The monoisotopic (exact) mass is 170 g/mol. The molecule has 0 bridgehead atoms. The van der Waals surface area contributed by atoms with Crippen molar-refractivity contribution in [1.82, 2.24) is 0 Å². The van der Waals surface area contributed by atoms with E-state index in [2.05, 4.69) is 4.99 Å². The molecular formula is C8H14N2O2. The van der Waals surface area contributed by atoms with Crippen LogP contribution in [0.2, 0.25) is 0 Å². The highest BCUT2D eigenvalue weighted by Crippen LogP contribution is 2.18. The average Bonchev–Trinajstić information content (AvgIpc) is 2.33. The van der Waals surface area contributed by atoms with Gasteiger partial charge in [0, 0.05) is 5.92 Å². The Morgan fingerprint density at radius 2 is 2.50 bits per heavy atom. The summed E-state index contributed by atoms with van der Waals surface area (Å²) in [5, 5.41) is 0. The molecule has 0 fully saturated rings. The van der Waals surface area contributed by atoms with Crippen LogP contribution in [0, 0.1) is 5.92 Å². The minimum atomic E-state index is -0.361. The van der Waals surface area contributed by atoms with Crippen molar-refractivity contribution in [3.05, 3.63) is 0 Å². The van der Waals surface area contributed by atoms with Crippen molar-refractivity contribution in [2.45, 2.75) is 26.3 Å². The van der Waals surface area contributed by atoms with Gasteiger partial charge < -0.3 is 10.5 Å². The molecule has 0 aliphatic carbocycles. The number of carbonyl (C=O) groups excluding carboxylic acids is 1. The van der Waals surface area contributed by atoms with Gasteiger partial charge in [0.25, 0.3) is 0 Å². The van der Waals surface area contributed by atoms with Gasteiger partial charge in [0.1, 0.15) is 6.04 Å². The number of hydrogen-bond donors (Lipinski definition) is 1. The van der Waals surface area contributed by atoms with Gasteiger partial charge in [-0.15, -0.1) is 0 Å². The number of ether oxygens (including phenoxy) is 1. The maximum absolute atomic E-state index is 11.2. The summed E-state index contributed by atoms with van der Waals surface area (Å²) in [6.45, 7) is 4.14. The maximum Gasteiger partial charge on any atom is 0.330 e. The summed E-state index contributed by atoms with van der Waals surface area (Å²) >= 11 is 0. The minimum Gasteiger partial charge on any atom is -0.464 e. The highest BCUT2D eigenvalue weighted by atomic mass is 16.5. The van der Waals surface area contributed by atoms with Gasteiger partial charge in [-0.3, -0.25) is 4.99 Å². The van der Waals surface area contributed by atoms with Crippen LogP contribution in [0.3, 0.4) is 0 Å². The topological polar surface area (TPSA) is 64.7 Å². The van der Waals surface area contributed by atoms with Gasteiger partial charge in [0.2, 0.25) is 0 Å². The van der Waals surface area contributed by atoms with Crippen molar-refractivity contribution in [2.75, 3.05) is 6.61 Å². The first-order valence-electron chi connectivity index (χ1n) is 4.15. The van der Waals surface area contributed by atoms with Crippen LogP contribution in [0.1, 0.15) is 20.3 Å². The van der Waals surface area contributed by atoms with Crippen LogP contribution in [0.5, 0.6) is 0 Å². The Kier molecular flexibility index (Phi) is 2.68. The quantitative estimate of drug-likeness (QED) is 0.607. The molecule has 0 aromatic rings. The van der Waals surface area contributed by atoms with E-state index in [0.29, 0.717) is 18.9 Å². The molecule has 0 spiro atoms. The highest BCUT2D eigenvalue weighted by molar-refractivity contribution is 5.90. The van der Waals surface area contributed by atoms with E-state index in [4.69, 9.17) is 10.5 Å². The molecule has 2 N–H and O–H groups in total. The largest absolute Gasteiger partial charge is 0.464 e. The Bertz CT molecular complexity index is 213. The van der Waals surface area contributed by atoms with E-state index >= 15 is 0 Å². The van der Waals surface area contributed by atoms with E-state index < -0.39 is 0 Å². The predicted molar refractivity (Wildman–Crippen MR) is 45.8 cm³/mol. The molecule has 0 aromatic carbocycles. The molecule has 12 heavy (non-hydrogen) atoms. The number of nitrogens with zero attached hydrogens (tertiary/aromatic N) is 1. The minimum absolute atomic E-state index is 0.208. The lowest BCUT2D eigenvalue weighted by Gasteiger charge is -2.05. The summed E-state index contributed by atoms with van der Waals surface area (Å²) in [7, 11) is 0. The number of rotatable bonds is 2. The van der Waals surface area contributed by atoms with Crippen molar-refractivity contribution < 1.29 is 9.53 Å². The molecule has 0 radical (unpaired) electrons. The molecule has 0 saturated heterocycles. The normalized spacial score (nSPS) is 28.3. The maximum atomic E-state index is 11.2. The SMILES string of the molecule is CCOC(=O)C1CC(C)C(N)=N1. The van der Waals surface area contributed by atoms with E-state index in [1.165, 1.54) is 0 Å². The lowest BCUT2D eigenvalue weighted by Crippen LogP contribution is -2.19. The molecular weight excluding hydrogens is 156 g/mol. The second-order valence-electron chi connectivity index (χ2n) is 2.96. The Morgan fingerprint density at radius 3 is 2.92 bits per heavy atom. The van der Waals surface area contributed by atoms with Crippen molar-refractivity contribution in [3.8, 4) is 0 Å². The average molecular weight is 170 g/mol. The first-order chi connectivity index (χ1) is 5.65. The molecule has 1 aliphatic heterocycles. The van der Waals surface area contributed by atoms with Crippen LogP contribution in [0.4, 0.5) is 0 Å². The molecule has 2 atom stereocenters. The molecule has 1 rings (SSSR count). The summed E-state index contributed by atoms with van der Waals surface area (Å²) < 4.78 is 4.82. The number of carbonyl (C=O) groups is 1. The van der Waals surface area contributed by atoms with Gasteiger partial charge in [0.05, 0.1) is 12.4 Å². The standard InChI is InChI=1S/C8H14N2O2/c1-3-12-8(11)6-4-5(2)7(9)10-6/h5-6H,3-4H2,1-2H3,(H2,9,10). The molecule has 0 amide bonds. The zero-order valence-electron chi connectivity index (χ0n) is 7.41. The van der Waals surface area contributed by atoms with E-state index in [1.54, 1.807) is 6.92 Å². The zero-order chi connectivity index (χ0) is 9.14. The third kappa shape index (κ3) is 1.75. The summed E-state index contributed by atoms with van der Waals surface area (Å²) in [4.78, 5) is 15.2. The molecule has 4 nitrogen and oxygen atoms in total. The fourth-order valence-corrected chi connectivity index (χ4v) is 1.20. The van der Waals surface area contributed by atoms with E-state index in [1.807, 2.05) is 6.92 Å². The van der Waals surface area contributed by atoms with Crippen LogP contribution in [-0.2, 0) is 9.53 Å². The lowest BCUT2D eigenvalue weighted by atomic mass is 10.1. The molecule has 4 heteroatoms.